The molecule has 0 spiro atoms. The van der Waals surface area contributed by atoms with Crippen molar-refractivity contribution in [2.75, 3.05) is 32.5 Å². The van der Waals surface area contributed by atoms with Gasteiger partial charge in [0.05, 0.1) is 6.42 Å². The molecule has 1 aromatic heterocycles. The molecule has 0 aliphatic carbocycles. The number of anilines is 1. The third-order valence-corrected chi connectivity index (χ3v) is 3.79. The molecule has 0 aliphatic rings. The van der Waals surface area contributed by atoms with Crippen LogP contribution in [0.3, 0.4) is 0 Å². The number of carbonyl (C=O) groups is 2. The molecule has 1 heterocycles. The lowest BCUT2D eigenvalue weighted by Crippen LogP contribution is -2.31. The van der Waals surface area contributed by atoms with E-state index in [1.165, 1.54) is 11.3 Å². The molecule has 122 valence electrons. The van der Waals surface area contributed by atoms with Gasteiger partial charge >= 0.3 is 0 Å². The van der Waals surface area contributed by atoms with Gasteiger partial charge < -0.3 is 15.5 Å². The number of benzene rings is 1. The molecule has 0 atom stereocenters. The first-order valence-electron chi connectivity index (χ1n) is 7.27. The van der Waals surface area contributed by atoms with E-state index in [9.17, 15) is 9.59 Å². The van der Waals surface area contributed by atoms with E-state index in [1.54, 1.807) is 5.38 Å². The molecule has 2 N–H and O–H groups in total. The van der Waals surface area contributed by atoms with Crippen molar-refractivity contribution in [1.82, 2.24) is 15.2 Å². The highest BCUT2D eigenvalue weighted by Gasteiger charge is 2.12. The molecule has 23 heavy (non-hydrogen) atoms. The van der Waals surface area contributed by atoms with Crippen molar-refractivity contribution >= 4 is 28.3 Å². The van der Waals surface area contributed by atoms with E-state index in [4.69, 9.17) is 0 Å². The highest BCUT2D eigenvalue weighted by atomic mass is 32.1. The van der Waals surface area contributed by atoms with E-state index >= 15 is 0 Å². The maximum Gasteiger partial charge on any atom is 0.270 e. The Morgan fingerprint density at radius 2 is 1.96 bits per heavy atom. The Morgan fingerprint density at radius 3 is 2.65 bits per heavy atom. The van der Waals surface area contributed by atoms with E-state index < -0.39 is 0 Å². The van der Waals surface area contributed by atoms with E-state index in [-0.39, 0.29) is 18.2 Å². The molecule has 6 nitrogen and oxygen atoms in total. The molecule has 2 rings (SSSR count). The monoisotopic (exact) mass is 332 g/mol. The van der Waals surface area contributed by atoms with Gasteiger partial charge in [0.2, 0.25) is 5.91 Å². The second-order valence-corrected chi connectivity index (χ2v) is 6.17. The minimum Gasteiger partial charge on any atom is -0.349 e. The van der Waals surface area contributed by atoms with Crippen molar-refractivity contribution in [2.45, 2.75) is 6.42 Å². The summed E-state index contributed by atoms with van der Waals surface area (Å²) in [5, 5.41) is 7.58. The van der Waals surface area contributed by atoms with Crippen molar-refractivity contribution in [3.8, 4) is 0 Å². The number of amides is 2. The molecule has 1 aromatic carbocycles. The molecule has 0 aliphatic heterocycles. The van der Waals surface area contributed by atoms with Crippen LogP contribution in [0.1, 0.15) is 16.1 Å². The number of hydrogen-bond donors (Lipinski definition) is 2. The molecule has 0 bridgehead atoms. The molecule has 7 heteroatoms. The lowest BCUT2D eigenvalue weighted by Gasteiger charge is -2.09. The van der Waals surface area contributed by atoms with Crippen LogP contribution in [0.25, 0.3) is 0 Å². The summed E-state index contributed by atoms with van der Waals surface area (Å²) in [5.41, 5.74) is 1.26. The summed E-state index contributed by atoms with van der Waals surface area (Å²) in [5.74, 6) is -0.378. The predicted octanol–water partition coefficient (Wildman–Crippen LogP) is 1.62. The number of nitrogens with one attached hydrogen (secondary N) is 2. The summed E-state index contributed by atoms with van der Waals surface area (Å²) in [6.07, 6.45) is 0.283. The smallest absolute Gasteiger partial charge is 0.270 e. The molecule has 2 aromatic rings. The first-order chi connectivity index (χ1) is 11.0. The van der Waals surface area contributed by atoms with Gasteiger partial charge in [-0.1, -0.05) is 30.3 Å². The highest BCUT2D eigenvalue weighted by Crippen LogP contribution is 2.15. The van der Waals surface area contributed by atoms with Crippen LogP contribution in [-0.2, 0) is 11.2 Å². The average molecular weight is 332 g/mol. The van der Waals surface area contributed by atoms with Gasteiger partial charge in [-0.05, 0) is 19.7 Å². The molecule has 0 saturated carbocycles. The van der Waals surface area contributed by atoms with Gasteiger partial charge in [0.1, 0.15) is 5.69 Å². The van der Waals surface area contributed by atoms with Crippen LogP contribution in [0.2, 0.25) is 0 Å². The lowest BCUT2D eigenvalue weighted by molar-refractivity contribution is -0.115. The molecule has 0 radical (unpaired) electrons. The van der Waals surface area contributed by atoms with E-state index in [2.05, 4.69) is 15.6 Å². The zero-order chi connectivity index (χ0) is 16.7. The maximum atomic E-state index is 12.0. The summed E-state index contributed by atoms with van der Waals surface area (Å²) in [7, 11) is 3.88. The average Bonchev–Trinajstić information content (AvgIpc) is 2.96. The zero-order valence-corrected chi connectivity index (χ0v) is 14.0. The van der Waals surface area contributed by atoms with Crippen LogP contribution in [-0.4, -0.2) is 48.9 Å². The predicted molar refractivity (Wildman–Crippen MR) is 91.8 cm³/mol. The molecular weight excluding hydrogens is 312 g/mol. The van der Waals surface area contributed by atoms with Crippen molar-refractivity contribution < 1.29 is 9.59 Å². The van der Waals surface area contributed by atoms with Crippen LogP contribution < -0.4 is 10.6 Å². The maximum absolute atomic E-state index is 12.0. The molecule has 0 saturated heterocycles. The number of carbonyl (C=O) groups excluding carboxylic acids is 2. The molecule has 0 unspecified atom stereocenters. The number of aromatic nitrogens is 1. The van der Waals surface area contributed by atoms with Gasteiger partial charge in [-0.25, -0.2) is 4.98 Å². The van der Waals surface area contributed by atoms with Crippen LogP contribution >= 0.6 is 11.3 Å². The van der Waals surface area contributed by atoms with Gasteiger partial charge in [0.25, 0.3) is 5.91 Å². The topological polar surface area (TPSA) is 74.3 Å². The second-order valence-electron chi connectivity index (χ2n) is 5.31. The summed E-state index contributed by atoms with van der Waals surface area (Å²) < 4.78 is 0. The van der Waals surface area contributed by atoms with Gasteiger partial charge in [-0.2, -0.15) is 0 Å². The standard InChI is InChI=1S/C16H20N4O2S/c1-20(2)9-8-17-15(22)13-11-23-16(18-13)19-14(21)10-12-6-4-3-5-7-12/h3-7,11H,8-10H2,1-2H3,(H,17,22)(H,18,19,21). The number of rotatable bonds is 7. The Balaban J connectivity index is 1.84. The van der Waals surface area contributed by atoms with Gasteiger partial charge in [-0.15, -0.1) is 11.3 Å². The minimum atomic E-state index is -0.230. The minimum absolute atomic E-state index is 0.148. The Morgan fingerprint density at radius 1 is 1.22 bits per heavy atom. The summed E-state index contributed by atoms with van der Waals surface area (Å²) in [6, 6.07) is 9.48. The zero-order valence-electron chi connectivity index (χ0n) is 13.2. The first-order valence-corrected chi connectivity index (χ1v) is 8.15. The van der Waals surface area contributed by atoms with Crippen molar-refractivity contribution in [3.63, 3.8) is 0 Å². The second kappa shape index (κ2) is 8.40. The summed E-state index contributed by atoms with van der Waals surface area (Å²) in [4.78, 5) is 30.0. The fraction of sp³-hybridized carbons (Fsp3) is 0.312. The van der Waals surface area contributed by atoms with E-state index in [0.717, 1.165) is 12.1 Å². The number of likely N-dealkylation sites (N-methyl/N-ethyl adjacent to an activating group) is 1. The third kappa shape index (κ3) is 5.80. The largest absolute Gasteiger partial charge is 0.349 e. The van der Waals surface area contributed by atoms with Crippen molar-refractivity contribution in [1.29, 1.82) is 0 Å². The van der Waals surface area contributed by atoms with Crippen LogP contribution in [0.5, 0.6) is 0 Å². The fourth-order valence-corrected chi connectivity index (χ4v) is 2.57. The fourth-order valence-electron chi connectivity index (χ4n) is 1.86. The summed E-state index contributed by atoms with van der Waals surface area (Å²) >= 11 is 1.24. The Hall–Kier alpha value is -2.25. The van der Waals surface area contributed by atoms with Crippen LogP contribution in [0.4, 0.5) is 5.13 Å². The Kier molecular flexibility index (Phi) is 6.25. The quantitative estimate of drug-likeness (QED) is 0.808. The van der Waals surface area contributed by atoms with Crippen LogP contribution in [0, 0.1) is 0 Å². The van der Waals surface area contributed by atoms with Crippen LogP contribution in [0.15, 0.2) is 35.7 Å². The van der Waals surface area contributed by atoms with E-state index in [1.807, 2.05) is 49.3 Å². The van der Waals surface area contributed by atoms with Crippen molar-refractivity contribution in [3.05, 3.63) is 47.0 Å². The Bertz CT molecular complexity index is 655. The van der Waals surface area contributed by atoms with Gasteiger partial charge in [-0.3, -0.25) is 9.59 Å². The number of thiazole rings is 1. The number of hydrogen-bond acceptors (Lipinski definition) is 5. The summed E-state index contributed by atoms with van der Waals surface area (Å²) in [6.45, 7) is 1.32. The van der Waals surface area contributed by atoms with Gasteiger partial charge in [0, 0.05) is 18.5 Å². The lowest BCUT2D eigenvalue weighted by atomic mass is 10.1. The normalized spacial score (nSPS) is 10.6. The molecule has 0 fully saturated rings. The van der Waals surface area contributed by atoms with Gasteiger partial charge in [0.15, 0.2) is 5.13 Å². The number of nitrogens with zero attached hydrogens (tertiary/aromatic N) is 2. The molecular formula is C16H20N4O2S. The third-order valence-electron chi connectivity index (χ3n) is 3.04. The highest BCUT2D eigenvalue weighted by molar-refractivity contribution is 7.14. The molecule has 2 amide bonds. The van der Waals surface area contributed by atoms with Crippen molar-refractivity contribution in [2.24, 2.45) is 0 Å². The first kappa shape index (κ1) is 17.1. The SMILES string of the molecule is CN(C)CCNC(=O)c1csc(NC(=O)Cc2ccccc2)n1. The van der Waals surface area contributed by atoms with E-state index in [0.29, 0.717) is 17.4 Å². The Labute approximate surface area is 139 Å².